The van der Waals surface area contributed by atoms with Crippen LogP contribution in [0.15, 0.2) is 12.1 Å². The van der Waals surface area contributed by atoms with E-state index >= 15 is 0 Å². The van der Waals surface area contributed by atoms with Gasteiger partial charge in [0.15, 0.2) is 21.3 Å². The van der Waals surface area contributed by atoms with Crippen LogP contribution in [-0.4, -0.2) is 77.4 Å². The highest BCUT2D eigenvalue weighted by Gasteiger charge is 2.37. The zero-order valence-electron chi connectivity index (χ0n) is 16.5. The van der Waals surface area contributed by atoms with Crippen molar-refractivity contribution >= 4 is 15.7 Å². The molecular weight excluding hydrogens is 386 g/mol. The molecule has 1 aromatic carbocycles. The number of rotatable bonds is 7. The number of methoxy groups -OCH3 is 3. The highest BCUT2D eigenvalue weighted by atomic mass is 32.2. The maximum Gasteiger partial charge on any atom is 0.254 e. The molecule has 1 amide bonds. The maximum atomic E-state index is 13.4. The van der Waals surface area contributed by atoms with Gasteiger partial charge in [-0.25, -0.2) is 8.42 Å². The lowest BCUT2D eigenvalue weighted by atomic mass is 10.1. The molecule has 9 heteroatoms. The van der Waals surface area contributed by atoms with Crippen LogP contribution in [-0.2, 0) is 14.6 Å². The van der Waals surface area contributed by atoms with E-state index in [1.807, 2.05) is 0 Å². The van der Waals surface area contributed by atoms with Gasteiger partial charge in [0.25, 0.3) is 5.91 Å². The maximum absolute atomic E-state index is 13.4. The van der Waals surface area contributed by atoms with Crippen LogP contribution in [0, 0.1) is 0 Å². The van der Waals surface area contributed by atoms with Crippen molar-refractivity contribution in [3.8, 4) is 17.2 Å². The second-order valence-electron chi connectivity index (χ2n) is 7.06. The minimum absolute atomic E-state index is 0.0180. The first-order valence-electron chi connectivity index (χ1n) is 9.31. The van der Waals surface area contributed by atoms with Crippen molar-refractivity contribution < 1.29 is 32.2 Å². The quantitative estimate of drug-likeness (QED) is 0.669. The molecule has 156 valence electrons. The molecule has 1 aromatic rings. The minimum Gasteiger partial charge on any atom is -0.493 e. The standard InChI is InChI=1S/C19H27NO7S/c1-24-16-9-13(10-17(25-2)18(16)26-3)19(21)20(11-15-5-4-7-27-15)14-6-8-28(22,23)12-14/h9-10,14-15H,4-8,11-12H2,1-3H3/t14-,15+/m1/s1. The molecule has 28 heavy (non-hydrogen) atoms. The minimum atomic E-state index is -3.13. The molecular formula is C19H27NO7S. The second-order valence-corrected chi connectivity index (χ2v) is 9.29. The molecule has 8 nitrogen and oxygen atoms in total. The van der Waals surface area contributed by atoms with Gasteiger partial charge < -0.3 is 23.8 Å². The van der Waals surface area contributed by atoms with Crippen LogP contribution in [0.3, 0.4) is 0 Å². The lowest BCUT2D eigenvalue weighted by Gasteiger charge is -2.31. The van der Waals surface area contributed by atoms with Crippen LogP contribution >= 0.6 is 0 Å². The average molecular weight is 413 g/mol. The first kappa shape index (κ1) is 20.7. The third kappa shape index (κ3) is 4.35. The van der Waals surface area contributed by atoms with Crippen molar-refractivity contribution in [2.24, 2.45) is 0 Å². The van der Waals surface area contributed by atoms with Crippen molar-refractivity contribution in [2.75, 3.05) is 46.0 Å². The van der Waals surface area contributed by atoms with E-state index in [0.29, 0.717) is 42.4 Å². The number of ether oxygens (including phenoxy) is 4. The Balaban J connectivity index is 1.94. The fourth-order valence-corrected chi connectivity index (χ4v) is 5.53. The van der Waals surface area contributed by atoms with E-state index in [-0.39, 0.29) is 29.6 Å². The third-order valence-corrected chi connectivity index (χ3v) is 7.00. The van der Waals surface area contributed by atoms with Gasteiger partial charge in [-0.2, -0.15) is 0 Å². The monoisotopic (exact) mass is 413 g/mol. The van der Waals surface area contributed by atoms with Gasteiger partial charge in [-0.05, 0) is 31.4 Å². The number of sulfone groups is 1. The first-order chi connectivity index (χ1) is 13.4. The molecule has 2 fully saturated rings. The van der Waals surface area contributed by atoms with Gasteiger partial charge in [0.05, 0.1) is 38.9 Å². The Morgan fingerprint density at radius 1 is 1.14 bits per heavy atom. The number of benzene rings is 1. The average Bonchev–Trinajstić information content (AvgIpc) is 3.33. The summed E-state index contributed by atoms with van der Waals surface area (Å²) in [7, 11) is 1.34. The molecule has 0 N–H and O–H groups in total. The summed E-state index contributed by atoms with van der Waals surface area (Å²) < 4.78 is 45.7. The summed E-state index contributed by atoms with van der Waals surface area (Å²) in [4.78, 5) is 15.0. The molecule has 0 radical (unpaired) electrons. The SMILES string of the molecule is COc1cc(C(=O)N(C[C@@H]2CCCO2)[C@@H]2CCS(=O)(=O)C2)cc(OC)c1OC. The molecule has 2 atom stereocenters. The van der Waals surface area contributed by atoms with Gasteiger partial charge in [0.1, 0.15) is 0 Å². The molecule has 3 rings (SSSR count). The molecule has 0 aromatic heterocycles. The van der Waals surface area contributed by atoms with Crippen LogP contribution in [0.2, 0.25) is 0 Å². The fraction of sp³-hybridized carbons (Fsp3) is 0.632. The number of carbonyl (C=O) groups is 1. The normalized spacial score (nSPS) is 23.4. The molecule has 0 saturated carbocycles. The first-order valence-corrected chi connectivity index (χ1v) is 11.1. The number of hydrogen-bond donors (Lipinski definition) is 0. The molecule has 2 aliphatic rings. The van der Waals surface area contributed by atoms with E-state index in [2.05, 4.69) is 0 Å². The Labute approximate surface area is 165 Å². The Kier molecular flexibility index (Phi) is 6.34. The fourth-order valence-electron chi connectivity index (χ4n) is 3.80. The van der Waals surface area contributed by atoms with Crippen molar-refractivity contribution in [3.63, 3.8) is 0 Å². The Hall–Kier alpha value is -2.00. The van der Waals surface area contributed by atoms with Gasteiger partial charge in [-0.15, -0.1) is 0 Å². The summed E-state index contributed by atoms with van der Waals surface area (Å²) in [5.74, 6) is 0.966. The second kappa shape index (κ2) is 8.57. The molecule has 2 aliphatic heterocycles. The summed E-state index contributed by atoms with van der Waals surface area (Å²) in [6.07, 6.45) is 2.16. The predicted octanol–water partition coefficient (Wildman–Crippen LogP) is 1.52. The van der Waals surface area contributed by atoms with Crippen molar-refractivity contribution in [1.82, 2.24) is 4.90 Å². The van der Waals surface area contributed by atoms with E-state index < -0.39 is 9.84 Å². The zero-order valence-corrected chi connectivity index (χ0v) is 17.3. The van der Waals surface area contributed by atoms with E-state index in [0.717, 1.165) is 12.8 Å². The molecule has 2 heterocycles. The molecule has 0 aliphatic carbocycles. The molecule has 0 bridgehead atoms. The highest BCUT2D eigenvalue weighted by molar-refractivity contribution is 7.91. The number of carbonyl (C=O) groups excluding carboxylic acids is 1. The van der Waals surface area contributed by atoms with Gasteiger partial charge >= 0.3 is 0 Å². The number of amides is 1. The smallest absolute Gasteiger partial charge is 0.254 e. The lowest BCUT2D eigenvalue weighted by Crippen LogP contribution is -2.45. The Morgan fingerprint density at radius 2 is 1.82 bits per heavy atom. The Bertz CT molecular complexity index is 793. The van der Waals surface area contributed by atoms with Crippen molar-refractivity contribution in [1.29, 1.82) is 0 Å². The van der Waals surface area contributed by atoms with Gasteiger partial charge in [-0.1, -0.05) is 0 Å². The van der Waals surface area contributed by atoms with E-state index in [9.17, 15) is 13.2 Å². The van der Waals surface area contributed by atoms with Crippen LogP contribution < -0.4 is 14.2 Å². The van der Waals surface area contributed by atoms with E-state index in [4.69, 9.17) is 18.9 Å². The molecule has 0 spiro atoms. The zero-order chi connectivity index (χ0) is 20.3. The van der Waals surface area contributed by atoms with E-state index in [1.54, 1.807) is 17.0 Å². The van der Waals surface area contributed by atoms with Crippen LogP contribution in [0.4, 0.5) is 0 Å². The summed E-state index contributed by atoms with van der Waals surface area (Å²) in [6.45, 7) is 1.04. The van der Waals surface area contributed by atoms with Crippen LogP contribution in [0.25, 0.3) is 0 Å². The molecule has 2 saturated heterocycles. The van der Waals surface area contributed by atoms with Gasteiger partial charge in [0.2, 0.25) is 5.75 Å². The van der Waals surface area contributed by atoms with Gasteiger partial charge in [0, 0.05) is 24.8 Å². The highest BCUT2D eigenvalue weighted by Crippen LogP contribution is 2.39. The summed E-state index contributed by atoms with van der Waals surface area (Å²) >= 11 is 0. The van der Waals surface area contributed by atoms with Crippen molar-refractivity contribution in [2.45, 2.75) is 31.4 Å². The Morgan fingerprint density at radius 3 is 2.29 bits per heavy atom. The third-order valence-electron chi connectivity index (χ3n) is 5.25. The van der Waals surface area contributed by atoms with Crippen LogP contribution in [0.1, 0.15) is 29.6 Å². The topological polar surface area (TPSA) is 91.4 Å². The van der Waals surface area contributed by atoms with Crippen molar-refractivity contribution in [3.05, 3.63) is 17.7 Å². The largest absolute Gasteiger partial charge is 0.493 e. The predicted molar refractivity (Wildman–Crippen MR) is 103 cm³/mol. The van der Waals surface area contributed by atoms with E-state index in [1.165, 1.54) is 21.3 Å². The van der Waals surface area contributed by atoms with Gasteiger partial charge in [-0.3, -0.25) is 4.79 Å². The van der Waals surface area contributed by atoms with Crippen LogP contribution in [0.5, 0.6) is 17.2 Å². The lowest BCUT2D eigenvalue weighted by molar-refractivity contribution is 0.0441. The molecule has 0 unspecified atom stereocenters. The number of nitrogens with zero attached hydrogens (tertiary/aromatic N) is 1. The summed E-state index contributed by atoms with van der Waals surface area (Å²) in [5, 5.41) is 0. The summed E-state index contributed by atoms with van der Waals surface area (Å²) in [6, 6.07) is 2.83. The number of hydrogen-bond acceptors (Lipinski definition) is 7. The summed E-state index contributed by atoms with van der Waals surface area (Å²) in [5.41, 5.74) is 0.358.